The van der Waals surface area contributed by atoms with Gasteiger partial charge in [0.05, 0.1) is 12.1 Å². The van der Waals surface area contributed by atoms with Gasteiger partial charge in [-0.25, -0.2) is 0 Å². The summed E-state index contributed by atoms with van der Waals surface area (Å²) in [4.78, 5) is 7.11. The van der Waals surface area contributed by atoms with E-state index in [0.717, 1.165) is 38.6 Å². The lowest BCUT2D eigenvalue weighted by Gasteiger charge is -2.43. The van der Waals surface area contributed by atoms with Crippen LogP contribution in [0.25, 0.3) is 0 Å². The molecule has 4 nitrogen and oxygen atoms in total. The van der Waals surface area contributed by atoms with Gasteiger partial charge in [0.1, 0.15) is 0 Å². The summed E-state index contributed by atoms with van der Waals surface area (Å²) in [5.74, 6) is 0.800. The molecule has 1 unspecified atom stereocenters. The smallest absolute Gasteiger partial charge is 0.192 e. The van der Waals surface area contributed by atoms with Gasteiger partial charge in [-0.2, -0.15) is 0 Å². The average Bonchev–Trinajstić information content (AvgIpc) is 2.67. The molecule has 19 heavy (non-hydrogen) atoms. The Morgan fingerprint density at radius 3 is 2.63 bits per heavy atom. The molecule has 1 atom stereocenters. The number of rotatable bonds is 1. The summed E-state index contributed by atoms with van der Waals surface area (Å²) in [5, 5.41) is 0. The molecule has 3 rings (SSSR count). The number of guanidine groups is 1. The minimum atomic E-state index is 0.176. The molecule has 3 aliphatic rings. The van der Waals surface area contributed by atoms with E-state index in [-0.39, 0.29) is 5.54 Å². The Balaban J connectivity index is 1.79. The van der Waals surface area contributed by atoms with E-state index in [0.29, 0.717) is 6.04 Å². The first-order valence-corrected chi connectivity index (χ1v) is 7.99. The standard InChI is InChI=1S/C15H27N3O/c16-14-17-12-15(8-5-10-19-11-9-15)18(14)13-6-3-1-2-4-7-13/h13H,1-12H2,(H2,16,17). The van der Waals surface area contributed by atoms with Crippen molar-refractivity contribution in [1.82, 2.24) is 4.90 Å². The van der Waals surface area contributed by atoms with Gasteiger partial charge < -0.3 is 15.4 Å². The van der Waals surface area contributed by atoms with Crippen LogP contribution in [0.3, 0.4) is 0 Å². The lowest BCUT2D eigenvalue weighted by atomic mass is 9.87. The zero-order chi connectivity index (χ0) is 13.1. The van der Waals surface area contributed by atoms with E-state index in [1.165, 1.54) is 44.9 Å². The fraction of sp³-hybridized carbons (Fsp3) is 0.933. The highest BCUT2D eigenvalue weighted by Gasteiger charge is 2.45. The fourth-order valence-electron chi connectivity index (χ4n) is 4.11. The molecular formula is C15H27N3O. The van der Waals surface area contributed by atoms with Crippen LogP contribution in [0, 0.1) is 0 Å². The van der Waals surface area contributed by atoms with Gasteiger partial charge in [0, 0.05) is 19.3 Å². The van der Waals surface area contributed by atoms with Crippen LogP contribution < -0.4 is 5.73 Å². The molecule has 108 valence electrons. The second-order valence-corrected chi connectivity index (χ2v) is 6.38. The molecule has 0 aromatic carbocycles. The van der Waals surface area contributed by atoms with Gasteiger partial charge in [-0.1, -0.05) is 25.7 Å². The Kier molecular flexibility index (Phi) is 3.96. The van der Waals surface area contributed by atoms with Crippen molar-refractivity contribution in [2.45, 2.75) is 69.4 Å². The maximum Gasteiger partial charge on any atom is 0.192 e. The predicted octanol–water partition coefficient (Wildman–Crippen LogP) is 2.28. The van der Waals surface area contributed by atoms with Gasteiger partial charge in [0.15, 0.2) is 5.96 Å². The van der Waals surface area contributed by atoms with Crippen LogP contribution in [0.1, 0.15) is 57.8 Å². The van der Waals surface area contributed by atoms with E-state index in [1.54, 1.807) is 0 Å². The molecule has 0 amide bonds. The molecule has 1 saturated heterocycles. The van der Waals surface area contributed by atoms with Gasteiger partial charge in [-0.3, -0.25) is 4.99 Å². The zero-order valence-corrected chi connectivity index (χ0v) is 11.9. The van der Waals surface area contributed by atoms with E-state index in [4.69, 9.17) is 10.5 Å². The van der Waals surface area contributed by atoms with Crippen LogP contribution in [0.2, 0.25) is 0 Å². The summed E-state index contributed by atoms with van der Waals surface area (Å²) in [6, 6.07) is 0.617. The molecule has 1 saturated carbocycles. The molecule has 1 spiro atoms. The van der Waals surface area contributed by atoms with Gasteiger partial charge in [0.2, 0.25) is 0 Å². The highest BCUT2D eigenvalue weighted by atomic mass is 16.5. The van der Waals surface area contributed by atoms with E-state index in [2.05, 4.69) is 9.89 Å². The first-order valence-electron chi connectivity index (χ1n) is 7.99. The van der Waals surface area contributed by atoms with E-state index < -0.39 is 0 Å². The third kappa shape index (κ3) is 2.60. The summed E-state index contributed by atoms with van der Waals surface area (Å²) in [5.41, 5.74) is 6.43. The summed E-state index contributed by atoms with van der Waals surface area (Å²) >= 11 is 0. The number of ether oxygens (including phenoxy) is 1. The summed E-state index contributed by atoms with van der Waals surface area (Å²) in [6.45, 7) is 2.66. The Hall–Kier alpha value is -0.770. The quantitative estimate of drug-likeness (QED) is 0.740. The first kappa shape index (κ1) is 13.2. The van der Waals surface area contributed by atoms with Crippen molar-refractivity contribution in [2.24, 2.45) is 10.7 Å². The molecule has 0 bridgehead atoms. The topological polar surface area (TPSA) is 50.9 Å². The Morgan fingerprint density at radius 2 is 1.84 bits per heavy atom. The first-order chi connectivity index (χ1) is 9.32. The summed E-state index contributed by atoms with van der Waals surface area (Å²) in [7, 11) is 0. The lowest BCUT2D eigenvalue weighted by Crippen LogP contribution is -2.56. The van der Waals surface area contributed by atoms with Crippen molar-refractivity contribution in [3.8, 4) is 0 Å². The van der Waals surface area contributed by atoms with Crippen molar-refractivity contribution < 1.29 is 4.74 Å². The predicted molar refractivity (Wildman–Crippen MR) is 77.2 cm³/mol. The summed E-state index contributed by atoms with van der Waals surface area (Å²) < 4.78 is 5.66. The monoisotopic (exact) mass is 265 g/mol. The molecule has 0 aromatic rings. The van der Waals surface area contributed by atoms with Gasteiger partial charge in [-0.15, -0.1) is 0 Å². The van der Waals surface area contributed by atoms with Crippen molar-refractivity contribution in [1.29, 1.82) is 0 Å². The van der Waals surface area contributed by atoms with E-state index in [9.17, 15) is 0 Å². The molecule has 2 heterocycles. The molecular weight excluding hydrogens is 238 g/mol. The number of nitrogens with zero attached hydrogens (tertiary/aromatic N) is 2. The van der Waals surface area contributed by atoms with Crippen LogP contribution >= 0.6 is 0 Å². The van der Waals surface area contributed by atoms with Crippen molar-refractivity contribution in [3.05, 3.63) is 0 Å². The second kappa shape index (κ2) is 5.70. The largest absolute Gasteiger partial charge is 0.381 e. The normalized spacial score (nSPS) is 34.1. The minimum Gasteiger partial charge on any atom is -0.381 e. The van der Waals surface area contributed by atoms with Crippen LogP contribution in [0.5, 0.6) is 0 Å². The summed E-state index contributed by atoms with van der Waals surface area (Å²) in [6.07, 6.45) is 11.5. The SMILES string of the molecule is NC1=NCC2(CCCOCC2)N1C1CCCCCC1. The fourth-order valence-corrected chi connectivity index (χ4v) is 4.11. The highest BCUT2D eigenvalue weighted by molar-refractivity contribution is 5.81. The molecule has 4 heteroatoms. The van der Waals surface area contributed by atoms with Crippen molar-refractivity contribution >= 4 is 5.96 Å². The molecule has 2 aliphatic heterocycles. The molecule has 0 radical (unpaired) electrons. The van der Waals surface area contributed by atoms with Gasteiger partial charge >= 0.3 is 0 Å². The average molecular weight is 265 g/mol. The molecule has 0 aromatic heterocycles. The van der Waals surface area contributed by atoms with Gasteiger partial charge in [0.25, 0.3) is 0 Å². The van der Waals surface area contributed by atoms with Crippen LogP contribution in [-0.4, -0.2) is 42.2 Å². The Bertz CT molecular complexity index is 326. The molecule has 1 aliphatic carbocycles. The van der Waals surface area contributed by atoms with Crippen molar-refractivity contribution in [2.75, 3.05) is 19.8 Å². The van der Waals surface area contributed by atoms with Crippen LogP contribution in [0.15, 0.2) is 4.99 Å². The maximum absolute atomic E-state index is 6.25. The number of nitrogens with two attached hydrogens (primary N) is 1. The minimum absolute atomic E-state index is 0.176. The van der Waals surface area contributed by atoms with E-state index in [1.807, 2.05) is 0 Å². The van der Waals surface area contributed by atoms with Crippen LogP contribution in [-0.2, 0) is 4.74 Å². The molecule has 2 fully saturated rings. The van der Waals surface area contributed by atoms with E-state index >= 15 is 0 Å². The third-order valence-electron chi connectivity index (χ3n) is 5.13. The Morgan fingerprint density at radius 1 is 1.05 bits per heavy atom. The molecule has 2 N–H and O–H groups in total. The lowest BCUT2D eigenvalue weighted by molar-refractivity contribution is 0.0979. The Labute approximate surface area is 116 Å². The maximum atomic E-state index is 6.25. The van der Waals surface area contributed by atoms with Gasteiger partial charge in [-0.05, 0) is 32.1 Å². The van der Waals surface area contributed by atoms with Crippen molar-refractivity contribution in [3.63, 3.8) is 0 Å². The zero-order valence-electron chi connectivity index (χ0n) is 11.9. The number of aliphatic imine (C=N–C) groups is 1. The second-order valence-electron chi connectivity index (χ2n) is 6.38. The van der Waals surface area contributed by atoms with Crippen LogP contribution in [0.4, 0.5) is 0 Å². The third-order valence-corrected chi connectivity index (χ3v) is 5.13. The highest BCUT2D eigenvalue weighted by Crippen LogP contribution is 2.37. The number of hydrogen-bond acceptors (Lipinski definition) is 4. The number of hydrogen-bond donors (Lipinski definition) is 1.